The van der Waals surface area contributed by atoms with Crippen LogP contribution in [0.3, 0.4) is 0 Å². The summed E-state index contributed by atoms with van der Waals surface area (Å²) in [6.07, 6.45) is 5.86. The number of pyridine rings is 2. The molecule has 6 heteroatoms. The summed E-state index contributed by atoms with van der Waals surface area (Å²) in [6, 6.07) is 17.0. The smallest absolute Gasteiger partial charge is 0.251 e. The number of nitrogens with zero attached hydrogens (tertiary/aromatic N) is 3. The number of likely N-dealkylation sites (tertiary alicyclic amines) is 1. The highest BCUT2D eigenvalue weighted by Crippen LogP contribution is 2.25. The molecule has 0 aliphatic carbocycles. The van der Waals surface area contributed by atoms with Crippen LogP contribution in [0.2, 0.25) is 0 Å². The van der Waals surface area contributed by atoms with E-state index < -0.39 is 0 Å². The van der Waals surface area contributed by atoms with Gasteiger partial charge in [0.25, 0.3) is 5.56 Å². The van der Waals surface area contributed by atoms with E-state index in [2.05, 4.69) is 45.5 Å². The van der Waals surface area contributed by atoms with Gasteiger partial charge in [0, 0.05) is 52.9 Å². The van der Waals surface area contributed by atoms with Crippen molar-refractivity contribution in [3.63, 3.8) is 0 Å². The monoisotopic (exact) mass is 418 g/mol. The number of hydrogen-bond donors (Lipinski definition) is 1. The first kappa shape index (κ1) is 19.4. The average molecular weight is 419 g/mol. The van der Waals surface area contributed by atoms with Crippen LogP contribution in [0, 0.1) is 0 Å². The number of aromatic nitrogens is 2. The van der Waals surface area contributed by atoms with E-state index in [1.54, 1.807) is 18.5 Å². The van der Waals surface area contributed by atoms with Crippen LogP contribution >= 0.6 is 11.3 Å². The van der Waals surface area contributed by atoms with Gasteiger partial charge < -0.3 is 14.8 Å². The normalized spacial score (nSPS) is 15.9. The van der Waals surface area contributed by atoms with Crippen LogP contribution in [0.4, 0.5) is 0 Å². The molecule has 0 spiro atoms. The van der Waals surface area contributed by atoms with E-state index in [0.717, 1.165) is 49.9 Å². The summed E-state index contributed by atoms with van der Waals surface area (Å²) < 4.78 is 3.22. The summed E-state index contributed by atoms with van der Waals surface area (Å²) in [4.78, 5) is 20.4. The summed E-state index contributed by atoms with van der Waals surface area (Å²) in [7, 11) is 0. The van der Waals surface area contributed by atoms with Gasteiger partial charge in [-0.2, -0.15) is 0 Å². The molecular weight excluding hydrogens is 392 g/mol. The molecule has 4 aromatic rings. The van der Waals surface area contributed by atoms with Gasteiger partial charge in [-0.1, -0.05) is 18.2 Å². The van der Waals surface area contributed by atoms with E-state index in [4.69, 9.17) is 0 Å². The Labute approximate surface area is 180 Å². The molecule has 4 heterocycles. The highest BCUT2D eigenvalue weighted by molar-refractivity contribution is 7.19. The van der Waals surface area contributed by atoms with Gasteiger partial charge in [-0.25, -0.2) is 0 Å². The SMILES string of the molecule is O=c1ccc2ccncc2n1CCN1CCC(NCc2cc3ccccc3s2)CC1. The highest BCUT2D eigenvalue weighted by atomic mass is 32.1. The molecule has 154 valence electrons. The highest BCUT2D eigenvalue weighted by Gasteiger charge is 2.19. The molecule has 5 nitrogen and oxygen atoms in total. The van der Waals surface area contributed by atoms with Crippen LogP contribution in [-0.2, 0) is 13.1 Å². The zero-order valence-electron chi connectivity index (χ0n) is 17.0. The summed E-state index contributed by atoms with van der Waals surface area (Å²) >= 11 is 1.88. The van der Waals surface area contributed by atoms with Gasteiger partial charge in [0.2, 0.25) is 0 Å². The second kappa shape index (κ2) is 8.68. The summed E-state index contributed by atoms with van der Waals surface area (Å²) in [5.41, 5.74) is 0.972. The third kappa shape index (κ3) is 4.17. The molecule has 1 N–H and O–H groups in total. The number of hydrogen-bond acceptors (Lipinski definition) is 5. The minimum Gasteiger partial charge on any atom is -0.309 e. The van der Waals surface area contributed by atoms with Crippen molar-refractivity contribution < 1.29 is 0 Å². The Morgan fingerprint density at radius 3 is 2.77 bits per heavy atom. The third-order valence-corrected chi connectivity index (χ3v) is 7.18. The van der Waals surface area contributed by atoms with E-state index in [1.165, 1.54) is 15.0 Å². The molecule has 3 aromatic heterocycles. The molecule has 1 aliphatic heterocycles. The maximum absolute atomic E-state index is 12.4. The van der Waals surface area contributed by atoms with Crippen molar-refractivity contribution in [1.29, 1.82) is 0 Å². The van der Waals surface area contributed by atoms with Gasteiger partial charge >= 0.3 is 0 Å². The Hall–Kier alpha value is -2.54. The molecule has 0 radical (unpaired) electrons. The average Bonchev–Trinajstić information content (AvgIpc) is 3.21. The fourth-order valence-corrected chi connectivity index (χ4v) is 5.35. The molecule has 1 aromatic carbocycles. The standard InChI is InChI=1S/C24H26N4OS/c29-24-6-5-18-7-10-25-17-22(18)28(24)14-13-27-11-8-20(9-12-27)26-16-21-15-19-3-1-2-4-23(19)30-21/h1-7,10,15,17,20,26H,8-9,11-14,16H2. The zero-order valence-corrected chi connectivity index (χ0v) is 17.8. The van der Waals surface area contributed by atoms with Crippen molar-refractivity contribution in [3.05, 3.63) is 76.2 Å². The molecular formula is C24H26N4OS. The van der Waals surface area contributed by atoms with Crippen molar-refractivity contribution in [3.8, 4) is 0 Å². The molecule has 0 saturated carbocycles. The Morgan fingerprint density at radius 1 is 1.03 bits per heavy atom. The number of rotatable bonds is 6. The number of benzene rings is 1. The minimum absolute atomic E-state index is 0.0513. The van der Waals surface area contributed by atoms with Crippen molar-refractivity contribution in [2.75, 3.05) is 19.6 Å². The number of piperidine rings is 1. The topological polar surface area (TPSA) is 50.2 Å². The first-order valence-corrected chi connectivity index (χ1v) is 11.4. The predicted octanol–water partition coefficient (Wildman–Crippen LogP) is 3.87. The molecule has 1 saturated heterocycles. The van der Waals surface area contributed by atoms with Crippen LogP contribution in [0.1, 0.15) is 17.7 Å². The van der Waals surface area contributed by atoms with Gasteiger partial charge in [-0.05, 0) is 55.6 Å². The van der Waals surface area contributed by atoms with Crippen molar-refractivity contribution >= 4 is 32.3 Å². The fourth-order valence-electron chi connectivity index (χ4n) is 4.33. The van der Waals surface area contributed by atoms with Crippen molar-refractivity contribution in [1.82, 2.24) is 19.8 Å². The van der Waals surface area contributed by atoms with Crippen LogP contribution in [0.5, 0.6) is 0 Å². The largest absolute Gasteiger partial charge is 0.309 e. The molecule has 0 atom stereocenters. The molecule has 0 amide bonds. The molecule has 1 fully saturated rings. The van der Waals surface area contributed by atoms with Crippen molar-refractivity contribution in [2.45, 2.75) is 32.0 Å². The van der Waals surface area contributed by atoms with Crippen molar-refractivity contribution in [2.24, 2.45) is 0 Å². The number of fused-ring (bicyclic) bond motifs is 2. The van der Waals surface area contributed by atoms with Gasteiger partial charge in [0.15, 0.2) is 0 Å². The first-order valence-electron chi connectivity index (χ1n) is 10.6. The summed E-state index contributed by atoms with van der Waals surface area (Å²) in [5, 5.41) is 6.15. The number of nitrogens with one attached hydrogen (secondary N) is 1. The van der Waals surface area contributed by atoms with Crippen LogP contribution in [-0.4, -0.2) is 40.1 Å². The molecule has 0 bridgehead atoms. The molecule has 0 unspecified atom stereocenters. The van der Waals surface area contributed by atoms with Crippen LogP contribution in [0.15, 0.2) is 65.7 Å². The van der Waals surface area contributed by atoms with E-state index in [-0.39, 0.29) is 5.56 Å². The van der Waals surface area contributed by atoms with E-state index in [9.17, 15) is 4.79 Å². The maximum Gasteiger partial charge on any atom is 0.251 e. The van der Waals surface area contributed by atoms with Gasteiger partial charge in [-0.3, -0.25) is 9.78 Å². The maximum atomic E-state index is 12.4. The minimum atomic E-state index is 0.0513. The second-order valence-corrected chi connectivity index (χ2v) is 9.17. The quantitative estimate of drug-likeness (QED) is 0.517. The molecule has 30 heavy (non-hydrogen) atoms. The van der Waals surface area contributed by atoms with E-state index in [1.807, 2.05) is 28.0 Å². The fraction of sp³-hybridized carbons (Fsp3) is 0.333. The summed E-state index contributed by atoms with van der Waals surface area (Å²) in [6.45, 7) is 4.70. The van der Waals surface area contributed by atoms with Gasteiger partial charge in [0.1, 0.15) is 0 Å². The zero-order chi connectivity index (χ0) is 20.3. The van der Waals surface area contributed by atoms with Gasteiger partial charge in [0.05, 0.1) is 11.7 Å². The lowest BCUT2D eigenvalue weighted by Gasteiger charge is -2.32. The lowest BCUT2D eigenvalue weighted by molar-refractivity contribution is 0.191. The Balaban J connectivity index is 1.13. The Morgan fingerprint density at radius 2 is 1.90 bits per heavy atom. The molecule has 1 aliphatic rings. The predicted molar refractivity (Wildman–Crippen MR) is 124 cm³/mol. The first-order chi connectivity index (χ1) is 14.8. The van der Waals surface area contributed by atoms with E-state index in [0.29, 0.717) is 12.6 Å². The summed E-state index contributed by atoms with van der Waals surface area (Å²) in [5.74, 6) is 0. The number of thiophene rings is 1. The third-order valence-electron chi connectivity index (χ3n) is 6.06. The van der Waals surface area contributed by atoms with Crippen LogP contribution in [0.25, 0.3) is 21.0 Å². The lowest BCUT2D eigenvalue weighted by atomic mass is 10.1. The second-order valence-electron chi connectivity index (χ2n) is 8.01. The van der Waals surface area contributed by atoms with E-state index >= 15 is 0 Å². The molecule has 5 rings (SSSR count). The lowest BCUT2D eigenvalue weighted by Crippen LogP contribution is -2.43. The Bertz CT molecular complexity index is 1170. The van der Waals surface area contributed by atoms with Crippen LogP contribution < -0.4 is 10.9 Å². The van der Waals surface area contributed by atoms with Gasteiger partial charge in [-0.15, -0.1) is 11.3 Å². The Kier molecular flexibility index (Phi) is 5.62.